The van der Waals surface area contributed by atoms with Crippen LogP contribution in [0.5, 0.6) is 0 Å². The van der Waals surface area contributed by atoms with Crippen molar-refractivity contribution >= 4 is 38.1 Å². The number of anilines is 1. The molecule has 2 N–H and O–H groups in total. The van der Waals surface area contributed by atoms with Crippen LogP contribution in [0.3, 0.4) is 0 Å². The first-order valence-electron chi connectivity index (χ1n) is 7.08. The van der Waals surface area contributed by atoms with E-state index in [1.165, 1.54) is 10.4 Å². The smallest absolute Gasteiger partial charge is 0.246 e. The molecule has 0 bridgehead atoms. The molecule has 0 amide bonds. The van der Waals surface area contributed by atoms with Gasteiger partial charge >= 0.3 is 0 Å². The lowest BCUT2D eigenvalue weighted by Gasteiger charge is -2.31. The first kappa shape index (κ1) is 21.1. The van der Waals surface area contributed by atoms with Crippen molar-refractivity contribution in [3.8, 4) is 0 Å². The second-order valence-electron chi connectivity index (χ2n) is 5.51. The number of sulfonamides is 2. The molecule has 1 aromatic rings. The lowest BCUT2D eigenvalue weighted by molar-refractivity contribution is 0.292. The minimum Gasteiger partial charge on any atom is -0.316 e. The van der Waals surface area contributed by atoms with Crippen molar-refractivity contribution in [1.29, 1.82) is 0 Å². The van der Waals surface area contributed by atoms with Crippen molar-refractivity contribution in [2.75, 3.05) is 31.1 Å². The summed E-state index contributed by atoms with van der Waals surface area (Å²) in [6.45, 7) is 0.616. The van der Waals surface area contributed by atoms with Gasteiger partial charge in [0.05, 0.1) is 11.9 Å². The van der Waals surface area contributed by atoms with Gasteiger partial charge in [-0.3, -0.25) is 4.72 Å². The molecule has 0 radical (unpaired) electrons. The van der Waals surface area contributed by atoms with E-state index in [0.29, 0.717) is 13.0 Å². The molecule has 24 heavy (non-hydrogen) atoms. The van der Waals surface area contributed by atoms with Crippen molar-refractivity contribution in [2.45, 2.75) is 23.8 Å². The van der Waals surface area contributed by atoms with Gasteiger partial charge in [0.15, 0.2) is 0 Å². The van der Waals surface area contributed by atoms with Crippen LogP contribution in [0.25, 0.3) is 0 Å². The van der Waals surface area contributed by atoms with Gasteiger partial charge in [-0.25, -0.2) is 21.2 Å². The van der Waals surface area contributed by atoms with Crippen LogP contribution in [0, 0.1) is 5.82 Å². The maximum Gasteiger partial charge on any atom is 0.246 e. The quantitative estimate of drug-likeness (QED) is 0.767. The Morgan fingerprint density at radius 2 is 1.92 bits per heavy atom. The normalized spacial score (nSPS) is 19.5. The summed E-state index contributed by atoms with van der Waals surface area (Å²) in [6, 6.07) is 3.22. The van der Waals surface area contributed by atoms with Crippen LogP contribution < -0.4 is 10.0 Å². The monoisotopic (exact) mass is 401 g/mol. The van der Waals surface area contributed by atoms with Crippen molar-refractivity contribution < 1.29 is 21.2 Å². The molecule has 0 aliphatic carbocycles. The Bertz CT molecular complexity index is 786. The standard InChI is InChI=1S/C13H20FN3O4S2.ClH/c1-15-11-4-3-7-17(9-11)23(20,21)13-6-5-10(8-12(13)14)16-22(2,18)19;/h5-6,8,11,15-16H,3-4,7,9H2,1-2H3;1H. The minimum atomic E-state index is -3.96. The Hall–Kier alpha value is -0.940. The van der Waals surface area contributed by atoms with Crippen molar-refractivity contribution in [2.24, 2.45) is 0 Å². The van der Waals surface area contributed by atoms with Gasteiger partial charge in [-0.1, -0.05) is 0 Å². The highest BCUT2D eigenvalue weighted by Crippen LogP contribution is 2.25. The van der Waals surface area contributed by atoms with E-state index in [0.717, 1.165) is 24.8 Å². The van der Waals surface area contributed by atoms with Gasteiger partial charge in [0.25, 0.3) is 0 Å². The molecule has 1 aliphatic rings. The molecule has 1 saturated heterocycles. The van der Waals surface area contributed by atoms with E-state index in [1.807, 2.05) is 0 Å². The Morgan fingerprint density at radius 1 is 1.25 bits per heavy atom. The Labute approximate surface area is 148 Å². The molecule has 1 aromatic carbocycles. The van der Waals surface area contributed by atoms with E-state index in [2.05, 4.69) is 10.0 Å². The Morgan fingerprint density at radius 3 is 2.46 bits per heavy atom. The molecule has 7 nitrogen and oxygen atoms in total. The zero-order chi connectivity index (χ0) is 17.3. The van der Waals surface area contributed by atoms with Gasteiger partial charge in [0.2, 0.25) is 20.0 Å². The molecule has 2 rings (SSSR count). The molecule has 1 fully saturated rings. The van der Waals surface area contributed by atoms with Crippen LogP contribution in [-0.4, -0.2) is 53.6 Å². The summed E-state index contributed by atoms with van der Waals surface area (Å²) in [6.07, 6.45) is 2.49. The van der Waals surface area contributed by atoms with Gasteiger partial charge in [0, 0.05) is 19.1 Å². The molecule has 1 heterocycles. The number of likely N-dealkylation sites (N-methyl/N-ethyl adjacent to an activating group) is 1. The van der Waals surface area contributed by atoms with E-state index in [4.69, 9.17) is 0 Å². The molecule has 0 spiro atoms. The van der Waals surface area contributed by atoms with Gasteiger partial charge in [-0.05, 0) is 38.1 Å². The van der Waals surface area contributed by atoms with E-state index < -0.39 is 30.8 Å². The van der Waals surface area contributed by atoms with Crippen LogP contribution in [0.15, 0.2) is 23.1 Å². The highest BCUT2D eigenvalue weighted by molar-refractivity contribution is 7.92. The van der Waals surface area contributed by atoms with Gasteiger partial charge < -0.3 is 5.32 Å². The highest BCUT2D eigenvalue weighted by Gasteiger charge is 2.31. The number of rotatable bonds is 5. The average molecular weight is 402 g/mol. The van der Waals surface area contributed by atoms with Crippen LogP contribution in [0.4, 0.5) is 10.1 Å². The molecule has 11 heteroatoms. The van der Waals surface area contributed by atoms with E-state index in [1.54, 1.807) is 7.05 Å². The summed E-state index contributed by atoms with van der Waals surface area (Å²) >= 11 is 0. The number of halogens is 2. The summed E-state index contributed by atoms with van der Waals surface area (Å²) in [7, 11) is -5.76. The first-order chi connectivity index (χ1) is 10.6. The van der Waals surface area contributed by atoms with Crippen LogP contribution >= 0.6 is 12.4 Å². The Kier molecular flexibility index (Phi) is 7.00. The van der Waals surface area contributed by atoms with E-state index >= 15 is 0 Å². The molecule has 0 aromatic heterocycles. The number of piperidine rings is 1. The van der Waals surface area contributed by atoms with Crippen LogP contribution in [-0.2, 0) is 20.0 Å². The van der Waals surface area contributed by atoms with Crippen molar-refractivity contribution in [1.82, 2.24) is 9.62 Å². The SMILES string of the molecule is CNC1CCCN(S(=O)(=O)c2ccc(NS(C)(=O)=O)cc2F)C1.Cl. The summed E-state index contributed by atoms with van der Waals surface area (Å²) in [5.74, 6) is -0.981. The minimum absolute atomic E-state index is 0. The summed E-state index contributed by atoms with van der Waals surface area (Å²) < 4.78 is 65.0. The first-order valence-corrected chi connectivity index (χ1v) is 10.4. The topological polar surface area (TPSA) is 95.6 Å². The summed E-state index contributed by atoms with van der Waals surface area (Å²) in [4.78, 5) is -0.451. The summed E-state index contributed by atoms with van der Waals surface area (Å²) in [5.41, 5.74) is -0.0179. The van der Waals surface area contributed by atoms with Crippen LogP contribution in [0.1, 0.15) is 12.8 Å². The lowest BCUT2D eigenvalue weighted by atomic mass is 10.1. The lowest BCUT2D eigenvalue weighted by Crippen LogP contribution is -2.47. The maximum atomic E-state index is 14.2. The largest absolute Gasteiger partial charge is 0.316 e. The average Bonchev–Trinajstić information content (AvgIpc) is 2.45. The molecular weight excluding hydrogens is 381 g/mol. The molecule has 1 atom stereocenters. The molecule has 1 aliphatic heterocycles. The zero-order valence-corrected chi connectivity index (χ0v) is 15.8. The number of nitrogens with one attached hydrogen (secondary N) is 2. The number of benzene rings is 1. The predicted molar refractivity (Wildman–Crippen MR) is 93.0 cm³/mol. The number of nitrogens with zero attached hydrogens (tertiary/aromatic N) is 1. The number of hydrogen-bond acceptors (Lipinski definition) is 5. The van der Waals surface area contributed by atoms with Crippen LogP contribution in [0.2, 0.25) is 0 Å². The maximum absolute atomic E-state index is 14.2. The van der Waals surface area contributed by atoms with E-state index in [-0.39, 0.29) is 30.7 Å². The molecular formula is C13H21ClFN3O4S2. The Balaban J connectivity index is 0.00000288. The second kappa shape index (κ2) is 7.96. The third kappa shape index (κ3) is 5.03. The fourth-order valence-electron chi connectivity index (χ4n) is 2.52. The van der Waals surface area contributed by atoms with Gasteiger partial charge in [0.1, 0.15) is 10.7 Å². The number of hydrogen-bond donors (Lipinski definition) is 2. The van der Waals surface area contributed by atoms with Gasteiger partial charge in [-0.15, -0.1) is 12.4 Å². The third-order valence-corrected chi connectivity index (χ3v) is 6.15. The van der Waals surface area contributed by atoms with E-state index in [9.17, 15) is 21.2 Å². The molecule has 0 saturated carbocycles. The predicted octanol–water partition coefficient (Wildman–Crippen LogP) is 0.992. The van der Waals surface area contributed by atoms with Gasteiger partial charge in [-0.2, -0.15) is 4.31 Å². The fourth-order valence-corrected chi connectivity index (χ4v) is 4.65. The highest BCUT2D eigenvalue weighted by atomic mass is 35.5. The molecule has 138 valence electrons. The fraction of sp³-hybridized carbons (Fsp3) is 0.538. The molecule has 1 unspecified atom stereocenters. The zero-order valence-electron chi connectivity index (χ0n) is 13.3. The van der Waals surface area contributed by atoms with Crippen molar-refractivity contribution in [3.05, 3.63) is 24.0 Å². The summed E-state index contributed by atoms with van der Waals surface area (Å²) in [5, 5.41) is 3.03. The second-order valence-corrected chi connectivity index (χ2v) is 9.17. The van der Waals surface area contributed by atoms with Crippen molar-refractivity contribution in [3.63, 3.8) is 0 Å². The third-order valence-electron chi connectivity index (χ3n) is 3.65.